The molecule has 1 aromatic heterocycles. The Balaban J connectivity index is 1.56. The maximum absolute atomic E-state index is 12.1. The largest absolute Gasteiger partial charge is 0.497 e. The third-order valence-electron chi connectivity index (χ3n) is 3.83. The maximum Gasteiger partial charge on any atom is 0.250 e. The highest BCUT2D eigenvalue weighted by molar-refractivity contribution is 7.15. The van der Waals surface area contributed by atoms with Crippen molar-refractivity contribution in [1.29, 1.82) is 0 Å². The molecule has 26 heavy (non-hydrogen) atoms. The lowest BCUT2D eigenvalue weighted by atomic mass is 10.1. The van der Waals surface area contributed by atoms with Crippen molar-refractivity contribution < 1.29 is 9.53 Å². The molecule has 1 N–H and O–H groups in total. The summed E-state index contributed by atoms with van der Waals surface area (Å²) < 4.78 is 5.11. The lowest BCUT2D eigenvalue weighted by Gasteiger charge is -2.00. The van der Waals surface area contributed by atoms with E-state index in [1.165, 1.54) is 28.5 Å². The van der Waals surface area contributed by atoms with Crippen LogP contribution in [-0.4, -0.2) is 18.0 Å². The van der Waals surface area contributed by atoms with E-state index in [9.17, 15) is 4.79 Å². The molecule has 1 heterocycles. The monoisotopic (exact) mass is 364 g/mol. The molecule has 0 saturated heterocycles. The van der Waals surface area contributed by atoms with E-state index in [1.807, 2.05) is 30.5 Å². The van der Waals surface area contributed by atoms with Crippen molar-refractivity contribution in [3.8, 4) is 5.75 Å². The summed E-state index contributed by atoms with van der Waals surface area (Å²) in [4.78, 5) is 17.5. The fourth-order valence-electron chi connectivity index (χ4n) is 2.39. The average molecular weight is 364 g/mol. The maximum atomic E-state index is 12.1. The summed E-state index contributed by atoms with van der Waals surface area (Å²) in [6.45, 7) is 2.07. The highest BCUT2D eigenvalue weighted by atomic mass is 32.1. The first-order valence-corrected chi connectivity index (χ1v) is 9.07. The molecule has 0 saturated carbocycles. The van der Waals surface area contributed by atoms with E-state index in [0.29, 0.717) is 5.13 Å². The zero-order valence-electron chi connectivity index (χ0n) is 14.7. The second-order valence-electron chi connectivity index (χ2n) is 5.89. The molecular formula is C21H20N2O2S. The molecule has 0 aliphatic carbocycles. The number of anilines is 1. The second-order valence-corrected chi connectivity index (χ2v) is 7.01. The number of benzene rings is 2. The van der Waals surface area contributed by atoms with Crippen molar-refractivity contribution in [2.75, 3.05) is 12.4 Å². The van der Waals surface area contributed by atoms with Crippen LogP contribution in [0.1, 0.15) is 21.6 Å². The highest BCUT2D eigenvalue weighted by Gasteiger charge is 2.05. The number of amides is 1. The Labute approximate surface area is 157 Å². The van der Waals surface area contributed by atoms with E-state index in [0.717, 1.165) is 22.6 Å². The first-order valence-electron chi connectivity index (χ1n) is 8.26. The molecule has 1 amide bonds. The number of nitrogens with one attached hydrogen (secondary N) is 1. The summed E-state index contributed by atoms with van der Waals surface area (Å²) in [6, 6.07) is 15.9. The second kappa shape index (κ2) is 8.45. The molecule has 0 atom stereocenters. The summed E-state index contributed by atoms with van der Waals surface area (Å²) in [5.74, 6) is 0.590. The molecule has 3 aromatic rings. The van der Waals surface area contributed by atoms with Crippen LogP contribution in [0, 0.1) is 6.92 Å². The van der Waals surface area contributed by atoms with Crippen molar-refractivity contribution >= 4 is 28.5 Å². The van der Waals surface area contributed by atoms with Crippen LogP contribution in [0.15, 0.2) is 60.8 Å². The minimum atomic E-state index is -0.197. The zero-order chi connectivity index (χ0) is 18.4. The fraction of sp³-hybridized carbons (Fsp3) is 0.143. The number of nitrogens with zero attached hydrogens (tertiary/aromatic N) is 1. The number of thiazole rings is 1. The third kappa shape index (κ3) is 5.04. The van der Waals surface area contributed by atoms with Gasteiger partial charge in [0.15, 0.2) is 5.13 Å². The van der Waals surface area contributed by atoms with Crippen LogP contribution in [0.3, 0.4) is 0 Å². The quantitative estimate of drug-likeness (QED) is 0.645. The standard InChI is InChI=1S/C21H20N2O2S/c1-15-3-5-17(6-4-15)13-19-14-22-21(26-19)23-20(24)12-9-16-7-10-18(25-2)11-8-16/h3-12,14H,13H2,1-2H3,(H,22,23,24)/b12-9+. The van der Waals surface area contributed by atoms with E-state index in [1.54, 1.807) is 13.2 Å². The molecule has 5 heteroatoms. The van der Waals surface area contributed by atoms with Crippen LogP contribution < -0.4 is 10.1 Å². The Bertz CT molecular complexity index is 897. The van der Waals surface area contributed by atoms with Gasteiger partial charge >= 0.3 is 0 Å². The van der Waals surface area contributed by atoms with Gasteiger partial charge in [-0.05, 0) is 36.3 Å². The predicted molar refractivity (Wildman–Crippen MR) is 107 cm³/mol. The molecule has 4 nitrogen and oxygen atoms in total. The van der Waals surface area contributed by atoms with Crippen LogP contribution in [-0.2, 0) is 11.2 Å². The van der Waals surface area contributed by atoms with Gasteiger partial charge in [0.2, 0.25) is 5.91 Å². The summed E-state index contributed by atoms with van der Waals surface area (Å²) in [7, 11) is 1.62. The fourth-order valence-corrected chi connectivity index (χ4v) is 3.24. The van der Waals surface area contributed by atoms with Gasteiger partial charge in [-0.3, -0.25) is 10.1 Å². The molecule has 0 fully saturated rings. The van der Waals surface area contributed by atoms with Crippen LogP contribution in [0.2, 0.25) is 0 Å². The van der Waals surface area contributed by atoms with Crippen molar-refractivity contribution in [2.45, 2.75) is 13.3 Å². The van der Waals surface area contributed by atoms with Crippen LogP contribution >= 0.6 is 11.3 Å². The molecule has 0 aliphatic rings. The van der Waals surface area contributed by atoms with Crippen molar-refractivity contribution in [3.63, 3.8) is 0 Å². The topological polar surface area (TPSA) is 51.2 Å². The van der Waals surface area contributed by atoms with Gasteiger partial charge in [-0.1, -0.05) is 42.0 Å². The SMILES string of the molecule is COc1ccc(/C=C/C(=O)Nc2ncc(Cc3ccc(C)cc3)s2)cc1. The first-order chi connectivity index (χ1) is 12.6. The van der Waals surface area contributed by atoms with Gasteiger partial charge in [0.05, 0.1) is 7.11 Å². The molecule has 0 unspecified atom stereocenters. The summed E-state index contributed by atoms with van der Waals surface area (Å²) in [5, 5.41) is 3.41. The average Bonchev–Trinajstić information content (AvgIpc) is 3.09. The lowest BCUT2D eigenvalue weighted by molar-refractivity contribution is -0.111. The Hall–Kier alpha value is -2.92. The molecule has 0 aliphatic heterocycles. The van der Waals surface area contributed by atoms with Crippen LogP contribution in [0.5, 0.6) is 5.75 Å². The molecule has 0 bridgehead atoms. The number of hydrogen-bond acceptors (Lipinski definition) is 4. The third-order valence-corrected chi connectivity index (χ3v) is 4.74. The number of hydrogen-bond donors (Lipinski definition) is 1. The van der Waals surface area contributed by atoms with Crippen LogP contribution in [0.25, 0.3) is 6.08 Å². The molecule has 0 radical (unpaired) electrons. The van der Waals surface area contributed by atoms with Gasteiger partial charge in [0.25, 0.3) is 0 Å². The number of methoxy groups -OCH3 is 1. The van der Waals surface area contributed by atoms with E-state index in [-0.39, 0.29) is 5.91 Å². The Morgan fingerprint density at radius 2 is 1.88 bits per heavy atom. The van der Waals surface area contributed by atoms with Crippen LogP contribution in [0.4, 0.5) is 5.13 Å². The van der Waals surface area contributed by atoms with E-state index in [4.69, 9.17) is 4.74 Å². The van der Waals surface area contributed by atoms with Gasteiger partial charge in [-0.15, -0.1) is 11.3 Å². The summed E-state index contributed by atoms with van der Waals surface area (Å²) in [5.41, 5.74) is 3.41. The van der Waals surface area contributed by atoms with Gasteiger partial charge in [-0.25, -0.2) is 4.98 Å². The van der Waals surface area contributed by atoms with Crippen molar-refractivity contribution in [2.24, 2.45) is 0 Å². The summed E-state index contributed by atoms with van der Waals surface area (Å²) >= 11 is 1.49. The van der Waals surface area contributed by atoms with Crippen molar-refractivity contribution in [3.05, 3.63) is 82.4 Å². The van der Waals surface area contributed by atoms with E-state index < -0.39 is 0 Å². The lowest BCUT2D eigenvalue weighted by Crippen LogP contribution is -2.07. The zero-order valence-corrected chi connectivity index (χ0v) is 15.5. The normalized spacial score (nSPS) is 10.8. The minimum Gasteiger partial charge on any atom is -0.497 e. The Kier molecular flexibility index (Phi) is 5.81. The van der Waals surface area contributed by atoms with Gasteiger partial charge < -0.3 is 4.74 Å². The molecule has 0 spiro atoms. The first kappa shape index (κ1) is 17.9. The predicted octanol–water partition coefficient (Wildman–Crippen LogP) is 4.70. The summed E-state index contributed by atoms with van der Waals surface area (Å²) in [6.07, 6.45) is 5.89. The minimum absolute atomic E-state index is 0.197. The van der Waals surface area contributed by atoms with Gasteiger partial charge in [-0.2, -0.15) is 0 Å². The molecule has 132 valence electrons. The van der Waals surface area contributed by atoms with E-state index >= 15 is 0 Å². The van der Waals surface area contributed by atoms with Crippen molar-refractivity contribution in [1.82, 2.24) is 4.98 Å². The molecule has 3 rings (SSSR count). The van der Waals surface area contributed by atoms with E-state index in [2.05, 4.69) is 41.5 Å². The smallest absolute Gasteiger partial charge is 0.250 e. The molecule has 2 aromatic carbocycles. The highest BCUT2D eigenvalue weighted by Crippen LogP contribution is 2.21. The van der Waals surface area contributed by atoms with Gasteiger partial charge in [0.1, 0.15) is 5.75 Å². The van der Waals surface area contributed by atoms with Gasteiger partial charge in [0, 0.05) is 23.6 Å². The number of aromatic nitrogens is 1. The number of rotatable bonds is 6. The Morgan fingerprint density at radius 3 is 2.58 bits per heavy atom. The number of ether oxygens (including phenoxy) is 1. The Morgan fingerprint density at radius 1 is 1.15 bits per heavy atom. The number of carbonyl (C=O) groups excluding carboxylic acids is 1. The molecular weight excluding hydrogens is 344 g/mol. The number of aryl methyl sites for hydroxylation is 1. The number of carbonyl (C=O) groups is 1.